The van der Waals surface area contributed by atoms with Crippen LogP contribution in [0.25, 0.3) is 11.3 Å². The van der Waals surface area contributed by atoms with Gasteiger partial charge in [-0.05, 0) is 36.8 Å². The van der Waals surface area contributed by atoms with Crippen molar-refractivity contribution in [2.45, 2.75) is 26.2 Å². The summed E-state index contributed by atoms with van der Waals surface area (Å²) in [4.78, 5) is 8.69. The summed E-state index contributed by atoms with van der Waals surface area (Å²) in [5.74, 6) is 0.629. The Kier molecular flexibility index (Phi) is 6.18. The second-order valence-electron chi connectivity index (χ2n) is 5.78. The Balaban J connectivity index is 1.69. The van der Waals surface area contributed by atoms with Crippen molar-refractivity contribution in [2.24, 2.45) is 0 Å². The highest BCUT2D eigenvalue weighted by Crippen LogP contribution is 2.29. The van der Waals surface area contributed by atoms with Crippen molar-refractivity contribution in [3.05, 3.63) is 53.7 Å². The third-order valence-corrected chi connectivity index (χ3v) is 4.58. The van der Waals surface area contributed by atoms with E-state index in [0.717, 1.165) is 41.3 Å². The van der Waals surface area contributed by atoms with E-state index in [1.54, 1.807) is 18.5 Å². The third kappa shape index (κ3) is 4.58. The number of aromatic nitrogens is 2. The van der Waals surface area contributed by atoms with Crippen LogP contribution in [0.5, 0.6) is 5.75 Å². The monoisotopic (exact) mass is 364 g/mol. The lowest BCUT2D eigenvalue weighted by Gasteiger charge is -2.09. The fraction of sp³-hybridized carbons (Fsp3) is 0.250. The summed E-state index contributed by atoms with van der Waals surface area (Å²) in [7, 11) is 0. The number of nitriles is 1. The largest absolute Gasteiger partial charge is 0.492 e. The van der Waals surface area contributed by atoms with Gasteiger partial charge in [-0.15, -0.1) is 11.3 Å². The number of benzene rings is 1. The maximum Gasteiger partial charge on any atom is 0.187 e. The first kappa shape index (κ1) is 17.9. The van der Waals surface area contributed by atoms with Gasteiger partial charge < -0.3 is 10.1 Å². The molecule has 1 aromatic carbocycles. The summed E-state index contributed by atoms with van der Waals surface area (Å²) in [6, 6.07) is 11.6. The lowest BCUT2D eigenvalue weighted by molar-refractivity contribution is 0.305. The molecule has 0 aliphatic heterocycles. The molecule has 6 heteroatoms. The highest BCUT2D eigenvalue weighted by molar-refractivity contribution is 7.14. The number of rotatable bonds is 8. The molecule has 26 heavy (non-hydrogen) atoms. The van der Waals surface area contributed by atoms with Crippen molar-refractivity contribution in [3.8, 4) is 23.1 Å². The number of pyridine rings is 1. The Morgan fingerprint density at radius 2 is 2.19 bits per heavy atom. The standard InChI is InChI=1S/C20H20N4OS/c1-2-3-4-10-25-19-8-7-17(11-16(19)12-21)23-20-24-18(14-26-20)15-6-5-9-22-13-15/h5-9,11,13-14H,2-4,10H2,1H3,(H,23,24). The number of hydrogen-bond donors (Lipinski definition) is 1. The number of unbranched alkanes of at least 4 members (excludes halogenated alkanes) is 2. The van der Waals surface area contributed by atoms with Gasteiger partial charge in [-0.2, -0.15) is 5.26 Å². The van der Waals surface area contributed by atoms with Crippen LogP contribution in [0, 0.1) is 11.3 Å². The van der Waals surface area contributed by atoms with Crippen molar-refractivity contribution >= 4 is 22.2 Å². The first-order valence-electron chi connectivity index (χ1n) is 8.60. The number of hydrogen-bond acceptors (Lipinski definition) is 6. The van der Waals surface area contributed by atoms with Crippen LogP contribution in [0.15, 0.2) is 48.1 Å². The number of nitrogens with zero attached hydrogens (tertiary/aromatic N) is 3. The van der Waals surface area contributed by atoms with Crippen molar-refractivity contribution in [1.29, 1.82) is 5.26 Å². The van der Waals surface area contributed by atoms with E-state index < -0.39 is 0 Å². The van der Waals surface area contributed by atoms with E-state index in [9.17, 15) is 5.26 Å². The summed E-state index contributed by atoms with van der Waals surface area (Å²) < 4.78 is 5.73. The SMILES string of the molecule is CCCCCOc1ccc(Nc2nc(-c3cccnc3)cs2)cc1C#N. The molecule has 2 heterocycles. The molecule has 0 radical (unpaired) electrons. The zero-order valence-electron chi connectivity index (χ0n) is 14.6. The maximum atomic E-state index is 9.39. The van der Waals surface area contributed by atoms with Gasteiger partial charge in [-0.25, -0.2) is 4.98 Å². The van der Waals surface area contributed by atoms with Gasteiger partial charge in [-0.3, -0.25) is 4.98 Å². The van der Waals surface area contributed by atoms with Gasteiger partial charge in [0.1, 0.15) is 11.8 Å². The maximum absolute atomic E-state index is 9.39. The van der Waals surface area contributed by atoms with Crippen LogP contribution >= 0.6 is 11.3 Å². The van der Waals surface area contributed by atoms with Crippen LogP contribution < -0.4 is 10.1 Å². The fourth-order valence-corrected chi connectivity index (χ4v) is 3.20. The van der Waals surface area contributed by atoms with Crippen LogP contribution in [-0.2, 0) is 0 Å². The van der Waals surface area contributed by atoms with Crippen molar-refractivity contribution in [3.63, 3.8) is 0 Å². The minimum atomic E-state index is 0.524. The van der Waals surface area contributed by atoms with E-state index in [0.29, 0.717) is 17.9 Å². The van der Waals surface area contributed by atoms with Crippen LogP contribution in [0.1, 0.15) is 31.7 Å². The molecule has 0 fully saturated rings. The first-order chi connectivity index (χ1) is 12.8. The molecule has 3 rings (SSSR count). The van der Waals surface area contributed by atoms with Gasteiger partial charge in [-0.1, -0.05) is 19.8 Å². The number of nitrogens with one attached hydrogen (secondary N) is 1. The van der Waals surface area contributed by atoms with Gasteiger partial charge in [0.05, 0.1) is 17.9 Å². The predicted molar refractivity (Wildman–Crippen MR) is 105 cm³/mol. The van der Waals surface area contributed by atoms with Gasteiger partial charge >= 0.3 is 0 Å². The topological polar surface area (TPSA) is 70.8 Å². The Morgan fingerprint density at radius 1 is 1.27 bits per heavy atom. The third-order valence-electron chi connectivity index (χ3n) is 3.82. The molecule has 1 N–H and O–H groups in total. The molecule has 0 saturated heterocycles. The molecule has 0 bridgehead atoms. The minimum absolute atomic E-state index is 0.524. The highest BCUT2D eigenvalue weighted by atomic mass is 32.1. The first-order valence-corrected chi connectivity index (χ1v) is 9.48. The minimum Gasteiger partial charge on any atom is -0.492 e. The molecule has 0 saturated carbocycles. The fourth-order valence-electron chi connectivity index (χ4n) is 2.46. The summed E-state index contributed by atoms with van der Waals surface area (Å²) in [6.45, 7) is 2.79. The number of ether oxygens (including phenoxy) is 1. The number of anilines is 2. The second-order valence-corrected chi connectivity index (χ2v) is 6.64. The molecule has 132 valence electrons. The van der Waals surface area contributed by atoms with E-state index in [4.69, 9.17) is 4.74 Å². The Morgan fingerprint density at radius 3 is 2.96 bits per heavy atom. The molecular weight excluding hydrogens is 344 g/mol. The van der Waals surface area contributed by atoms with E-state index in [1.165, 1.54) is 11.3 Å². The highest BCUT2D eigenvalue weighted by Gasteiger charge is 2.08. The van der Waals surface area contributed by atoms with Gasteiger partial charge in [0, 0.05) is 29.0 Å². The van der Waals surface area contributed by atoms with E-state index in [2.05, 4.69) is 28.3 Å². The molecule has 0 spiro atoms. The summed E-state index contributed by atoms with van der Waals surface area (Å²) in [6.07, 6.45) is 6.80. The zero-order valence-corrected chi connectivity index (χ0v) is 15.4. The zero-order chi connectivity index (χ0) is 18.2. The molecule has 2 aromatic heterocycles. The van der Waals surface area contributed by atoms with Gasteiger partial charge in [0.15, 0.2) is 5.13 Å². The summed E-state index contributed by atoms with van der Waals surface area (Å²) in [5.41, 5.74) is 3.19. The van der Waals surface area contributed by atoms with Crippen molar-refractivity contribution < 1.29 is 4.74 Å². The summed E-state index contributed by atoms with van der Waals surface area (Å²) >= 11 is 1.51. The quantitative estimate of drug-likeness (QED) is 0.543. The van der Waals surface area contributed by atoms with Gasteiger partial charge in [0.2, 0.25) is 0 Å². The molecular formula is C20H20N4OS. The van der Waals surface area contributed by atoms with Crippen molar-refractivity contribution in [1.82, 2.24) is 9.97 Å². The summed E-state index contributed by atoms with van der Waals surface area (Å²) in [5, 5.41) is 15.4. The van der Waals surface area contributed by atoms with Crippen LogP contribution in [-0.4, -0.2) is 16.6 Å². The lowest BCUT2D eigenvalue weighted by atomic mass is 10.2. The molecule has 0 aliphatic rings. The predicted octanol–water partition coefficient (Wildman–Crippen LogP) is 5.39. The second kappa shape index (κ2) is 8.97. The van der Waals surface area contributed by atoms with Gasteiger partial charge in [0.25, 0.3) is 0 Å². The molecule has 0 atom stereocenters. The Bertz CT molecular complexity index is 886. The normalized spacial score (nSPS) is 10.3. The molecule has 0 amide bonds. The average molecular weight is 364 g/mol. The Hall–Kier alpha value is -2.91. The van der Waals surface area contributed by atoms with Crippen LogP contribution in [0.4, 0.5) is 10.8 Å². The van der Waals surface area contributed by atoms with Crippen molar-refractivity contribution in [2.75, 3.05) is 11.9 Å². The lowest BCUT2D eigenvalue weighted by Crippen LogP contribution is -1.99. The van der Waals surface area contributed by atoms with Crippen LogP contribution in [0.3, 0.4) is 0 Å². The molecule has 5 nitrogen and oxygen atoms in total. The smallest absolute Gasteiger partial charge is 0.187 e. The van der Waals surface area contributed by atoms with Crippen LogP contribution in [0.2, 0.25) is 0 Å². The van der Waals surface area contributed by atoms with E-state index in [1.807, 2.05) is 29.6 Å². The molecule has 0 aliphatic carbocycles. The number of thiazole rings is 1. The average Bonchev–Trinajstić information content (AvgIpc) is 3.15. The molecule has 3 aromatic rings. The van der Waals surface area contributed by atoms with E-state index >= 15 is 0 Å². The molecule has 0 unspecified atom stereocenters. The Labute approximate surface area is 157 Å². The van der Waals surface area contributed by atoms with E-state index in [-0.39, 0.29) is 0 Å².